The number of nitrogens with one attached hydrogen (secondary N) is 1. The second-order valence-corrected chi connectivity index (χ2v) is 6.70. The summed E-state index contributed by atoms with van der Waals surface area (Å²) >= 11 is 7.24. The van der Waals surface area contributed by atoms with Gasteiger partial charge in [-0.15, -0.1) is 11.8 Å². The number of carbonyl (C=O) groups is 1. The molecule has 0 heterocycles. The van der Waals surface area contributed by atoms with E-state index in [-0.39, 0.29) is 16.9 Å². The van der Waals surface area contributed by atoms with E-state index in [1.165, 1.54) is 25.1 Å². The second kappa shape index (κ2) is 8.61. The van der Waals surface area contributed by atoms with Crippen LogP contribution in [0.5, 0.6) is 11.5 Å². The lowest BCUT2D eigenvalue weighted by atomic mass is 10.2. The number of ether oxygens (including phenoxy) is 1. The first-order valence-electron chi connectivity index (χ1n) is 7.12. The van der Waals surface area contributed by atoms with E-state index in [1.54, 1.807) is 37.3 Å². The molecule has 2 N–H and O–H groups in total. The molecule has 2 aromatic carbocycles. The van der Waals surface area contributed by atoms with Crippen molar-refractivity contribution in [2.24, 2.45) is 5.10 Å². The van der Waals surface area contributed by atoms with Crippen molar-refractivity contribution in [3.05, 3.63) is 53.1 Å². The third-order valence-corrected chi connectivity index (χ3v) is 4.49. The third-order valence-electron chi connectivity index (χ3n) is 3.12. The standard InChI is InChI=1S/C17H17ClN2O3S/c1-11(24-14-8-6-13(18)7-9-14)17(22)20-19-10-12-4-3-5-15(23-2)16(12)21/h3-11,21H,1-2H3,(H,20,22)/b19-10+. The molecule has 0 saturated carbocycles. The molecular formula is C17H17ClN2O3S. The lowest BCUT2D eigenvalue weighted by molar-refractivity contribution is -0.120. The Morgan fingerprint density at radius 1 is 1.33 bits per heavy atom. The van der Waals surface area contributed by atoms with Crippen LogP contribution in [0.2, 0.25) is 5.02 Å². The summed E-state index contributed by atoms with van der Waals surface area (Å²) in [7, 11) is 1.47. The number of phenols is 1. The molecule has 1 amide bonds. The quantitative estimate of drug-likeness (QED) is 0.466. The zero-order valence-electron chi connectivity index (χ0n) is 13.2. The molecule has 7 heteroatoms. The number of benzene rings is 2. The Morgan fingerprint density at radius 3 is 2.71 bits per heavy atom. The van der Waals surface area contributed by atoms with Crippen LogP contribution in [0.25, 0.3) is 0 Å². The van der Waals surface area contributed by atoms with E-state index in [4.69, 9.17) is 16.3 Å². The van der Waals surface area contributed by atoms with Crippen molar-refractivity contribution >= 4 is 35.5 Å². The summed E-state index contributed by atoms with van der Waals surface area (Å²) in [6.07, 6.45) is 1.37. The molecular weight excluding hydrogens is 348 g/mol. The fraction of sp³-hybridized carbons (Fsp3) is 0.176. The number of amides is 1. The molecule has 1 unspecified atom stereocenters. The average Bonchev–Trinajstić information content (AvgIpc) is 2.58. The lowest BCUT2D eigenvalue weighted by Crippen LogP contribution is -2.26. The Hall–Kier alpha value is -2.18. The number of carbonyl (C=O) groups excluding carboxylic acids is 1. The molecule has 24 heavy (non-hydrogen) atoms. The Kier molecular flexibility index (Phi) is 6.52. The van der Waals surface area contributed by atoms with E-state index in [1.807, 2.05) is 12.1 Å². The minimum Gasteiger partial charge on any atom is -0.504 e. The van der Waals surface area contributed by atoms with Gasteiger partial charge < -0.3 is 9.84 Å². The van der Waals surface area contributed by atoms with Crippen LogP contribution >= 0.6 is 23.4 Å². The highest BCUT2D eigenvalue weighted by Gasteiger charge is 2.13. The minimum atomic E-state index is -0.331. The van der Waals surface area contributed by atoms with Gasteiger partial charge in [0.2, 0.25) is 0 Å². The molecule has 0 aliphatic heterocycles. The van der Waals surface area contributed by atoms with Crippen LogP contribution in [0.1, 0.15) is 12.5 Å². The fourth-order valence-electron chi connectivity index (χ4n) is 1.84. The van der Waals surface area contributed by atoms with Gasteiger partial charge in [-0.25, -0.2) is 5.43 Å². The topological polar surface area (TPSA) is 70.9 Å². The van der Waals surface area contributed by atoms with Crippen LogP contribution in [0, 0.1) is 0 Å². The molecule has 2 aromatic rings. The number of para-hydroxylation sites is 1. The Bertz CT molecular complexity index is 735. The van der Waals surface area contributed by atoms with Crippen molar-refractivity contribution in [1.82, 2.24) is 5.43 Å². The lowest BCUT2D eigenvalue weighted by Gasteiger charge is -2.09. The molecule has 1 atom stereocenters. The smallest absolute Gasteiger partial charge is 0.253 e. The van der Waals surface area contributed by atoms with Crippen molar-refractivity contribution in [3.63, 3.8) is 0 Å². The summed E-state index contributed by atoms with van der Waals surface area (Å²) < 4.78 is 5.01. The van der Waals surface area contributed by atoms with E-state index >= 15 is 0 Å². The number of hydrogen-bond acceptors (Lipinski definition) is 5. The summed E-state index contributed by atoms with van der Waals surface area (Å²) in [6, 6.07) is 12.3. The molecule has 0 aliphatic carbocycles. The zero-order valence-corrected chi connectivity index (χ0v) is 14.8. The van der Waals surface area contributed by atoms with Gasteiger partial charge in [0.05, 0.1) is 18.6 Å². The Morgan fingerprint density at radius 2 is 2.04 bits per heavy atom. The molecule has 5 nitrogen and oxygen atoms in total. The molecule has 0 radical (unpaired) electrons. The van der Waals surface area contributed by atoms with E-state index in [0.717, 1.165) is 4.90 Å². The molecule has 0 saturated heterocycles. The van der Waals surface area contributed by atoms with Crippen LogP contribution < -0.4 is 10.2 Å². The Labute approximate surface area is 149 Å². The number of halogens is 1. The molecule has 0 bridgehead atoms. The van der Waals surface area contributed by atoms with Gasteiger partial charge in [0, 0.05) is 15.5 Å². The highest BCUT2D eigenvalue weighted by molar-refractivity contribution is 8.00. The predicted octanol–water partition coefficient (Wildman–Crippen LogP) is 3.69. The van der Waals surface area contributed by atoms with E-state index in [2.05, 4.69) is 10.5 Å². The zero-order chi connectivity index (χ0) is 17.5. The van der Waals surface area contributed by atoms with Gasteiger partial charge in [0.1, 0.15) is 0 Å². The number of hydrogen-bond donors (Lipinski definition) is 2. The number of phenolic OH excluding ortho intramolecular Hbond substituents is 1. The third kappa shape index (κ3) is 4.91. The van der Waals surface area contributed by atoms with E-state index in [9.17, 15) is 9.90 Å². The van der Waals surface area contributed by atoms with Gasteiger partial charge in [-0.2, -0.15) is 5.10 Å². The van der Waals surface area contributed by atoms with Gasteiger partial charge in [0.15, 0.2) is 11.5 Å². The molecule has 0 aromatic heterocycles. The fourth-order valence-corrected chi connectivity index (χ4v) is 2.82. The van der Waals surface area contributed by atoms with Crippen molar-refractivity contribution < 1.29 is 14.6 Å². The molecule has 0 fully saturated rings. The van der Waals surface area contributed by atoms with Crippen molar-refractivity contribution in [3.8, 4) is 11.5 Å². The number of nitrogens with zero attached hydrogens (tertiary/aromatic N) is 1. The first-order chi connectivity index (χ1) is 11.5. The van der Waals surface area contributed by atoms with Crippen molar-refractivity contribution in [1.29, 1.82) is 0 Å². The predicted molar refractivity (Wildman–Crippen MR) is 97.2 cm³/mol. The van der Waals surface area contributed by atoms with Gasteiger partial charge in [0.25, 0.3) is 5.91 Å². The maximum Gasteiger partial charge on any atom is 0.253 e. The number of thioether (sulfide) groups is 1. The molecule has 2 rings (SSSR count). The van der Waals surface area contributed by atoms with Crippen molar-refractivity contribution in [2.45, 2.75) is 17.1 Å². The summed E-state index contributed by atoms with van der Waals surface area (Å²) in [6.45, 7) is 1.78. The van der Waals surface area contributed by atoms with Crippen LogP contribution in [-0.4, -0.2) is 29.6 Å². The molecule has 0 spiro atoms. The monoisotopic (exact) mass is 364 g/mol. The second-order valence-electron chi connectivity index (χ2n) is 4.85. The van der Waals surface area contributed by atoms with Gasteiger partial charge in [-0.1, -0.05) is 17.7 Å². The summed E-state index contributed by atoms with van der Waals surface area (Å²) in [5, 5.41) is 14.1. The number of hydrazone groups is 1. The van der Waals surface area contributed by atoms with Gasteiger partial charge >= 0.3 is 0 Å². The number of rotatable bonds is 6. The summed E-state index contributed by atoms with van der Waals surface area (Å²) in [4.78, 5) is 13.0. The van der Waals surface area contributed by atoms with Crippen LogP contribution in [-0.2, 0) is 4.79 Å². The minimum absolute atomic E-state index is 0.0263. The SMILES string of the molecule is COc1cccc(/C=N/NC(=O)C(C)Sc2ccc(Cl)cc2)c1O. The maximum atomic E-state index is 12.1. The number of aromatic hydroxyl groups is 1. The molecule has 0 aliphatic rings. The first kappa shape index (κ1) is 18.2. The maximum absolute atomic E-state index is 12.1. The molecule has 126 valence electrons. The number of methoxy groups -OCH3 is 1. The van der Waals surface area contributed by atoms with Crippen LogP contribution in [0.4, 0.5) is 0 Å². The average molecular weight is 365 g/mol. The van der Waals surface area contributed by atoms with Crippen LogP contribution in [0.15, 0.2) is 52.5 Å². The van der Waals surface area contributed by atoms with Gasteiger partial charge in [-0.3, -0.25) is 4.79 Å². The first-order valence-corrected chi connectivity index (χ1v) is 8.38. The Balaban J connectivity index is 1.93. The summed E-state index contributed by atoms with van der Waals surface area (Å²) in [5.41, 5.74) is 2.91. The normalized spacial score (nSPS) is 12.1. The van der Waals surface area contributed by atoms with Gasteiger partial charge in [-0.05, 0) is 43.3 Å². The van der Waals surface area contributed by atoms with Crippen LogP contribution in [0.3, 0.4) is 0 Å². The van der Waals surface area contributed by atoms with Crippen molar-refractivity contribution in [2.75, 3.05) is 7.11 Å². The summed E-state index contributed by atoms with van der Waals surface area (Å²) in [5.74, 6) is 0.0760. The van der Waals surface area contributed by atoms with E-state index in [0.29, 0.717) is 16.3 Å². The largest absolute Gasteiger partial charge is 0.504 e. The van der Waals surface area contributed by atoms with E-state index < -0.39 is 0 Å². The highest BCUT2D eigenvalue weighted by atomic mass is 35.5. The highest BCUT2D eigenvalue weighted by Crippen LogP contribution is 2.28.